The van der Waals surface area contributed by atoms with Crippen molar-refractivity contribution in [1.29, 1.82) is 0 Å². The number of nitrogens with one attached hydrogen (secondary N) is 1. The van der Waals surface area contributed by atoms with Gasteiger partial charge < -0.3 is 5.32 Å². The summed E-state index contributed by atoms with van der Waals surface area (Å²) in [6, 6.07) is 12.2. The third kappa shape index (κ3) is 3.29. The van der Waals surface area contributed by atoms with Crippen LogP contribution in [0.1, 0.15) is 15.9 Å². The lowest BCUT2D eigenvalue weighted by Gasteiger charge is -2.15. The highest BCUT2D eigenvalue weighted by Crippen LogP contribution is 2.37. The van der Waals surface area contributed by atoms with E-state index < -0.39 is 23.2 Å². The maximum absolute atomic E-state index is 13.7. The van der Waals surface area contributed by atoms with Crippen molar-refractivity contribution in [2.24, 2.45) is 0 Å². The SMILES string of the molecule is O=C(Nc1ccc(-n2nccn2)cc1)c1cnc2ccccc2c1C(F)(F)F. The molecule has 0 aliphatic rings. The molecular formula is C19H12F3N5O. The van der Waals surface area contributed by atoms with Crippen LogP contribution in [0.25, 0.3) is 16.6 Å². The van der Waals surface area contributed by atoms with Gasteiger partial charge in [0.2, 0.25) is 0 Å². The second-order valence-electron chi connectivity index (χ2n) is 5.88. The molecule has 1 amide bonds. The number of rotatable bonds is 3. The van der Waals surface area contributed by atoms with Crippen molar-refractivity contribution in [1.82, 2.24) is 20.0 Å². The Hall–Kier alpha value is -3.75. The van der Waals surface area contributed by atoms with Crippen LogP contribution in [0.5, 0.6) is 0 Å². The minimum atomic E-state index is -4.70. The first-order valence-corrected chi connectivity index (χ1v) is 8.16. The fraction of sp³-hybridized carbons (Fsp3) is 0.0526. The van der Waals surface area contributed by atoms with Gasteiger partial charge in [0, 0.05) is 17.3 Å². The number of alkyl halides is 3. The van der Waals surface area contributed by atoms with Crippen LogP contribution in [-0.2, 0) is 6.18 Å². The summed E-state index contributed by atoms with van der Waals surface area (Å²) >= 11 is 0. The largest absolute Gasteiger partial charge is 0.417 e. The predicted octanol–water partition coefficient (Wildman–Crippen LogP) is 4.09. The van der Waals surface area contributed by atoms with Crippen molar-refractivity contribution >= 4 is 22.5 Å². The van der Waals surface area contributed by atoms with E-state index in [0.29, 0.717) is 11.4 Å². The number of hydrogen-bond acceptors (Lipinski definition) is 4. The molecule has 2 aromatic carbocycles. The van der Waals surface area contributed by atoms with Crippen LogP contribution in [0.15, 0.2) is 67.1 Å². The van der Waals surface area contributed by atoms with Crippen LogP contribution in [0.2, 0.25) is 0 Å². The zero-order valence-electron chi connectivity index (χ0n) is 14.2. The van der Waals surface area contributed by atoms with E-state index in [2.05, 4.69) is 20.5 Å². The van der Waals surface area contributed by atoms with E-state index in [1.165, 1.54) is 35.4 Å². The summed E-state index contributed by atoms with van der Waals surface area (Å²) in [4.78, 5) is 17.9. The molecule has 0 atom stereocenters. The van der Waals surface area contributed by atoms with Gasteiger partial charge in [-0.05, 0) is 30.3 Å². The lowest BCUT2D eigenvalue weighted by Crippen LogP contribution is -2.19. The van der Waals surface area contributed by atoms with Crippen LogP contribution in [0.3, 0.4) is 0 Å². The molecule has 0 saturated carbocycles. The van der Waals surface area contributed by atoms with Crippen molar-refractivity contribution in [2.45, 2.75) is 6.18 Å². The average molecular weight is 383 g/mol. The van der Waals surface area contributed by atoms with E-state index in [9.17, 15) is 18.0 Å². The van der Waals surface area contributed by atoms with Gasteiger partial charge in [0.1, 0.15) is 0 Å². The van der Waals surface area contributed by atoms with Crippen molar-refractivity contribution in [2.75, 3.05) is 5.32 Å². The maximum atomic E-state index is 13.7. The van der Waals surface area contributed by atoms with Gasteiger partial charge in [-0.2, -0.15) is 28.2 Å². The predicted molar refractivity (Wildman–Crippen MR) is 96.1 cm³/mol. The Morgan fingerprint density at radius 1 is 0.964 bits per heavy atom. The number of anilines is 1. The van der Waals surface area contributed by atoms with E-state index in [4.69, 9.17) is 0 Å². The molecule has 28 heavy (non-hydrogen) atoms. The highest BCUT2D eigenvalue weighted by molar-refractivity contribution is 6.07. The van der Waals surface area contributed by atoms with Gasteiger partial charge in [-0.1, -0.05) is 18.2 Å². The van der Waals surface area contributed by atoms with Gasteiger partial charge in [0.25, 0.3) is 5.91 Å². The number of aromatic nitrogens is 4. The molecular weight excluding hydrogens is 371 g/mol. The first-order valence-electron chi connectivity index (χ1n) is 8.16. The Morgan fingerprint density at radius 3 is 2.32 bits per heavy atom. The van der Waals surface area contributed by atoms with Gasteiger partial charge in [-0.25, -0.2) is 0 Å². The molecule has 0 unspecified atom stereocenters. The molecule has 9 heteroatoms. The third-order valence-corrected chi connectivity index (χ3v) is 4.08. The molecule has 1 N–H and O–H groups in total. The van der Waals surface area contributed by atoms with Crippen molar-refractivity contribution in [3.63, 3.8) is 0 Å². The summed E-state index contributed by atoms with van der Waals surface area (Å²) in [5, 5.41) is 10.3. The molecule has 6 nitrogen and oxygen atoms in total. The topological polar surface area (TPSA) is 72.7 Å². The van der Waals surface area contributed by atoms with Crippen molar-refractivity contribution in [3.8, 4) is 5.69 Å². The Bertz CT molecular complexity index is 1140. The van der Waals surface area contributed by atoms with E-state index >= 15 is 0 Å². The second-order valence-corrected chi connectivity index (χ2v) is 5.88. The molecule has 0 spiro atoms. The second kappa shape index (κ2) is 6.76. The van der Waals surface area contributed by atoms with E-state index in [1.807, 2.05) is 0 Å². The Morgan fingerprint density at radius 2 is 1.64 bits per heavy atom. The summed E-state index contributed by atoms with van der Waals surface area (Å²) in [6.45, 7) is 0. The molecule has 0 radical (unpaired) electrons. The van der Waals surface area contributed by atoms with Gasteiger partial charge >= 0.3 is 6.18 Å². The standard InChI is InChI=1S/C19H12F3N5O/c20-19(21,22)17-14-3-1-2-4-16(14)23-11-15(17)18(28)26-12-5-7-13(8-6-12)27-24-9-10-25-27/h1-11H,(H,26,28). The number of carbonyl (C=O) groups excluding carboxylic acids is 1. The number of hydrogen-bond donors (Lipinski definition) is 1. The van der Waals surface area contributed by atoms with Gasteiger partial charge in [0.05, 0.1) is 34.7 Å². The molecule has 0 bridgehead atoms. The number of carbonyl (C=O) groups is 1. The normalized spacial score (nSPS) is 11.5. The fourth-order valence-corrected chi connectivity index (χ4v) is 2.84. The highest BCUT2D eigenvalue weighted by Gasteiger charge is 2.37. The van der Waals surface area contributed by atoms with E-state index in [0.717, 1.165) is 6.20 Å². The first-order chi connectivity index (χ1) is 13.4. The fourth-order valence-electron chi connectivity index (χ4n) is 2.84. The van der Waals surface area contributed by atoms with E-state index in [-0.39, 0.29) is 10.9 Å². The van der Waals surface area contributed by atoms with Crippen LogP contribution < -0.4 is 5.32 Å². The molecule has 140 valence electrons. The number of nitrogens with zero attached hydrogens (tertiary/aromatic N) is 4. The van der Waals surface area contributed by atoms with Gasteiger partial charge in [-0.15, -0.1) is 0 Å². The summed E-state index contributed by atoms with van der Waals surface area (Å²) in [7, 11) is 0. The summed E-state index contributed by atoms with van der Waals surface area (Å²) < 4.78 is 41.0. The lowest BCUT2D eigenvalue weighted by molar-refractivity contribution is -0.136. The average Bonchev–Trinajstić information content (AvgIpc) is 3.21. The number of amides is 1. The quantitative estimate of drug-likeness (QED) is 0.578. The Balaban J connectivity index is 1.67. The highest BCUT2D eigenvalue weighted by atomic mass is 19.4. The smallest absolute Gasteiger partial charge is 0.322 e. The maximum Gasteiger partial charge on any atom is 0.417 e. The lowest BCUT2D eigenvalue weighted by atomic mass is 10.0. The summed E-state index contributed by atoms with van der Waals surface area (Å²) in [6.07, 6.45) is -0.727. The Kier molecular flexibility index (Phi) is 4.26. The summed E-state index contributed by atoms with van der Waals surface area (Å²) in [5.41, 5.74) is -0.395. The first kappa shape index (κ1) is 17.7. The number of benzene rings is 2. The number of pyridine rings is 1. The molecule has 4 aromatic rings. The zero-order valence-corrected chi connectivity index (χ0v) is 14.2. The zero-order chi connectivity index (χ0) is 19.7. The molecule has 0 fully saturated rings. The van der Waals surface area contributed by atoms with Crippen LogP contribution in [-0.4, -0.2) is 25.9 Å². The molecule has 0 saturated heterocycles. The molecule has 4 rings (SSSR count). The molecule has 0 aliphatic heterocycles. The minimum Gasteiger partial charge on any atom is -0.322 e. The monoisotopic (exact) mass is 383 g/mol. The molecule has 2 heterocycles. The minimum absolute atomic E-state index is 0.122. The van der Waals surface area contributed by atoms with Crippen molar-refractivity contribution in [3.05, 3.63) is 78.2 Å². The molecule has 2 aromatic heterocycles. The molecule has 0 aliphatic carbocycles. The van der Waals surface area contributed by atoms with Gasteiger partial charge in [-0.3, -0.25) is 9.78 Å². The Labute approximate surface area is 156 Å². The van der Waals surface area contributed by atoms with E-state index in [1.54, 1.807) is 30.3 Å². The number of fused-ring (bicyclic) bond motifs is 1. The van der Waals surface area contributed by atoms with Crippen molar-refractivity contribution < 1.29 is 18.0 Å². The van der Waals surface area contributed by atoms with Gasteiger partial charge in [0.15, 0.2) is 0 Å². The van der Waals surface area contributed by atoms with Crippen LogP contribution >= 0.6 is 0 Å². The third-order valence-electron chi connectivity index (χ3n) is 4.08. The van der Waals surface area contributed by atoms with Crippen LogP contribution in [0, 0.1) is 0 Å². The number of halogens is 3. The number of para-hydroxylation sites is 1. The van der Waals surface area contributed by atoms with Crippen LogP contribution in [0.4, 0.5) is 18.9 Å². The summed E-state index contributed by atoms with van der Waals surface area (Å²) in [5.74, 6) is -0.893.